The van der Waals surface area contributed by atoms with Crippen LogP contribution in [0.1, 0.15) is 36.1 Å². The molecule has 2 aliphatic rings. The fourth-order valence-electron chi connectivity index (χ4n) is 4.48. The van der Waals surface area contributed by atoms with Gasteiger partial charge < -0.3 is 9.88 Å². The molecule has 0 atom stereocenters. The van der Waals surface area contributed by atoms with E-state index in [4.69, 9.17) is 4.98 Å². The molecule has 5 rings (SSSR count). The number of H-pyrrole nitrogens is 1. The minimum Gasteiger partial charge on any atom is -0.372 e. The van der Waals surface area contributed by atoms with Crippen molar-refractivity contribution in [1.29, 1.82) is 0 Å². The quantitative estimate of drug-likeness (QED) is 0.726. The molecule has 154 valence electrons. The monoisotopic (exact) mass is 401 g/mol. The Morgan fingerprint density at radius 1 is 1.00 bits per heavy atom. The van der Waals surface area contributed by atoms with E-state index in [0.717, 1.165) is 36.3 Å². The van der Waals surface area contributed by atoms with E-state index < -0.39 is 0 Å². The first-order chi connectivity index (χ1) is 14.8. The lowest BCUT2D eigenvalue weighted by Gasteiger charge is -2.30. The predicted octanol–water partition coefficient (Wildman–Crippen LogP) is 3.38. The molecule has 1 saturated heterocycles. The van der Waals surface area contributed by atoms with Gasteiger partial charge in [0, 0.05) is 62.8 Å². The van der Waals surface area contributed by atoms with Crippen molar-refractivity contribution in [2.45, 2.75) is 38.8 Å². The number of rotatable bonds is 4. The van der Waals surface area contributed by atoms with Gasteiger partial charge in [0.15, 0.2) is 0 Å². The molecular formula is C24H27N5O. The van der Waals surface area contributed by atoms with Gasteiger partial charge in [-0.2, -0.15) is 0 Å². The van der Waals surface area contributed by atoms with Crippen molar-refractivity contribution in [1.82, 2.24) is 19.9 Å². The number of nitrogens with one attached hydrogen (secondary N) is 1. The molecular weight excluding hydrogens is 374 g/mol. The van der Waals surface area contributed by atoms with Gasteiger partial charge in [-0.05, 0) is 49.1 Å². The highest BCUT2D eigenvalue weighted by Gasteiger charge is 2.22. The van der Waals surface area contributed by atoms with Crippen LogP contribution in [0.5, 0.6) is 0 Å². The van der Waals surface area contributed by atoms with Crippen molar-refractivity contribution in [3.05, 3.63) is 76.0 Å². The van der Waals surface area contributed by atoms with Crippen LogP contribution >= 0.6 is 0 Å². The SMILES string of the molecule is O=c1[nH]c(-c2cccnc2)nc2c1CN(Cc1ccc(N3CCCCC3)cc1)CC2. The van der Waals surface area contributed by atoms with Gasteiger partial charge in [0.1, 0.15) is 5.82 Å². The highest BCUT2D eigenvalue weighted by molar-refractivity contribution is 5.53. The maximum Gasteiger partial charge on any atom is 0.255 e. The van der Waals surface area contributed by atoms with E-state index in [-0.39, 0.29) is 5.56 Å². The van der Waals surface area contributed by atoms with Crippen LogP contribution in [-0.2, 0) is 19.5 Å². The third-order valence-corrected chi connectivity index (χ3v) is 6.15. The summed E-state index contributed by atoms with van der Waals surface area (Å²) >= 11 is 0. The number of anilines is 1. The summed E-state index contributed by atoms with van der Waals surface area (Å²) in [6, 6.07) is 12.7. The van der Waals surface area contributed by atoms with E-state index in [0.29, 0.717) is 12.4 Å². The molecule has 0 unspecified atom stereocenters. The van der Waals surface area contributed by atoms with Gasteiger partial charge >= 0.3 is 0 Å². The zero-order valence-corrected chi connectivity index (χ0v) is 17.2. The summed E-state index contributed by atoms with van der Waals surface area (Å²) in [5, 5.41) is 0. The van der Waals surface area contributed by atoms with Crippen molar-refractivity contribution < 1.29 is 0 Å². The first-order valence-corrected chi connectivity index (χ1v) is 10.8. The Kier molecular flexibility index (Phi) is 5.32. The zero-order valence-electron chi connectivity index (χ0n) is 17.2. The predicted molar refractivity (Wildman–Crippen MR) is 118 cm³/mol. The number of hydrogen-bond acceptors (Lipinski definition) is 5. The van der Waals surface area contributed by atoms with Crippen LogP contribution in [0.15, 0.2) is 53.6 Å². The van der Waals surface area contributed by atoms with Gasteiger partial charge in [-0.15, -0.1) is 0 Å². The second kappa shape index (κ2) is 8.40. The van der Waals surface area contributed by atoms with Crippen molar-refractivity contribution in [2.24, 2.45) is 0 Å². The average Bonchev–Trinajstić information content (AvgIpc) is 2.81. The highest BCUT2D eigenvalue weighted by atomic mass is 16.1. The molecule has 6 nitrogen and oxygen atoms in total. The molecule has 1 aromatic carbocycles. The number of nitrogens with zero attached hydrogens (tertiary/aromatic N) is 4. The second-order valence-corrected chi connectivity index (χ2v) is 8.26. The zero-order chi connectivity index (χ0) is 20.3. The number of aromatic nitrogens is 3. The highest BCUT2D eigenvalue weighted by Crippen LogP contribution is 2.23. The number of benzene rings is 1. The van der Waals surface area contributed by atoms with Gasteiger partial charge in [-0.3, -0.25) is 14.7 Å². The molecule has 0 spiro atoms. The van der Waals surface area contributed by atoms with Gasteiger partial charge in [-0.1, -0.05) is 12.1 Å². The molecule has 0 radical (unpaired) electrons. The van der Waals surface area contributed by atoms with Crippen LogP contribution in [-0.4, -0.2) is 39.5 Å². The lowest BCUT2D eigenvalue weighted by Crippen LogP contribution is -2.35. The summed E-state index contributed by atoms with van der Waals surface area (Å²) in [6.45, 7) is 4.73. The van der Waals surface area contributed by atoms with Crippen LogP contribution in [0.2, 0.25) is 0 Å². The van der Waals surface area contributed by atoms with Crippen LogP contribution in [0.4, 0.5) is 5.69 Å². The Morgan fingerprint density at radius 2 is 1.83 bits per heavy atom. The van der Waals surface area contributed by atoms with Crippen LogP contribution in [0.25, 0.3) is 11.4 Å². The molecule has 0 aliphatic carbocycles. The first kappa shape index (κ1) is 19.0. The fourth-order valence-corrected chi connectivity index (χ4v) is 4.48. The lowest BCUT2D eigenvalue weighted by molar-refractivity contribution is 0.242. The molecule has 2 aliphatic heterocycles. The molecule has 30 heavy (non-hydrogen) atoms. The average molecular weight is 402 g/mol. The number of fused-ring (bicyclic) bond motifs is 1. The molecule has 1 fully saturated rings. The van der Waals surface area contributed by atoms with Crippen LogP contribution in [0, 0.1) is 0 Å². The minimum atomic E-state index is -0.0380. The normalized spacial score (nSPS) is 17.0. The van der Waals surface area contributed by atoms with E-state index in [1.54, 1.807) is 12.4 Å². The Bertz CT molecular complexity index is 1060. The molecule has 2 aromatic heterocycles. The maximum atomic E-state index is 12.7. The topological polar surface area (TPSA) is 65.1 Å². The number of pyridine rings is 1. The molecule has 6 heteroatoms. The Balaban J connectivity index is 1.28. The van der Waals surface area contributed by atoms with Gasteiger partial charge in [0.05, 0.1) is 11.3 Å². The number of hydrogen-bond donors (Lipinski definition) is 1. The Morgan fingerprint density at radius 3 is 2.60 bits per heavy atom. The molecule has 0 bridgehead atoms. The number of aromatic amines is 1. The third-order valence-electron chi connectivity index (χ3n) is 6.15. The summed E-state index contributed by atoms with van der Waals surface area (Å²) in [7, 11) is 0. The molecule has 1 N–H and O–H groups in total. The fraction of sp³-hybridized carbons (Fsp3) is 0.375. The van der Waals surface area contributed by atoms with Crippen molar-refractivity contribution in [3.63, 3.8) is 0 Å². The van der Waals surface area contributed by atoms with Gasteiger partial charge in [0.25, 0.3) is 5.56 Å². The van der Waals surface area contributed by atoms with Crippen molar-refractivity contribution in [2.75, 3.05) is 24.5 Å². The van der Waals surface area contributed by atoms with E-state index in [9.17, 15) is 4.79 Å². The van der Waals surface area contributed by atoms with Crippen LogP contribution < -0.4 is 10.5 Å². The first-order valence-electron chi connectivity index (χ1n) is 10.8. The van der Waals surface area contributed by atoms with Gasteiger partial charge in [-0.25, -0.2) is 4.98 Å². The number of piperidine rings is 1. The smallest absolute Gasteiger partial charge is 0.255 e. The molecule has 3 aromatic rings. The van der Waals surface area contributed by atoms with E-state index >= 15 is 0 Å². The summed E-state index contributed by atoms with van der Waals surface area (Å²) in [4.78, 5) is 29.3. The lowest BCUT2D eigenvalue weighted by atomic mass is 10.0. The maximum absolute atomic E-state index is 12.7. The van der Waals surface area contributed by atoms with E-state index in [1.165, 1.54) is 43.6 Å². The summed E-state index contributed by atoms with van der Waals surface area (Å²) < 4.78 is 0. The summed E-state index contributed by atoms with van der Waals surface area (Å²) in [5.41, 5.74) is 5.12. The largest absolute Gasteiger partial charge is 0.372 e. The molecule has 4 heterocycles. The third kappa shape index (κ3) is 4.00. The standard InChI is InChI=1S/C24H27N5O/c30-24-21-17-28(14-10-22(21)26-23(27-24)19-5-4-11-25-15-19)16-18-6-8-20(9-7-18)29-12-2-1-3-13-29/h4-9,11,15H,1-3,10,12-14,16-17H2,(H,26,27,30). The molecule has 0 amide bonds. The second-order valence-electron chi connectivity index (χ2n) is 8.26. The van der Waals surface area contributed by atoms with Crippen molar-refractivity contribution in [3.8, 4) is 11.4 Å². The summed E-state index contributed by atoms with van der Waals surface area (Å²) in [5.74, 6) is 0.605. The van der Waals surface area contributed by atoms with Crippen LogP contribution in [0.3, 0.4) is 0 Å². The summed E-state index contributed by atoms with van der Waals surface area (Å²) in [6.07, 6.45) is 8.17. The van der Waals surface area contributed by atoms with E-state index in [2.05, 4.69) is 44.0 Å². The molecule has 0 saturated carbocycles. The minimum absolute atomic E-state index is 0.0380. The van der Waals surface area contributed by atoms with E-state index in [1.807, 2.05) is 12.1 Å². The Hall–Kier alpha value is -2.99. The van der Waals surface area contributed by atoms with Gasteiger partial charge in [0.2, 0.25) is 0 Å². The Labute approximate surface area is 176 Å². The van der Waals surface area contributed by atoms with Crippen molar-refractivity contribution >= 4 is 5.69 Å².